The lowest BCUT2D eigenvalue weighted by atomic mass is 10.2. The highest BCUT2D eigenvalue weighted by atomic mass is 79.9. The minimum atomic E-state index is 0.0952. The maximum atomic E-state index is 13.0. The lowest BCUT2D eigenvalue weighted by molar-refractivity contribution is 0.0734. The number of hydrogen-bond donors (Lipinski definition) is 0. The molecule has 2 aromatic heterocycles. The summed E-state index contributed by atoms with van der Waals surface area (Å²) in [6.07, 6.45) is 3.91. The van der Waals surface area contributed by atoms with E-state index in [1.165, 1.54) is 11.3 Å². The highest BCUT2D eigenvalue weighted by Gasteiger charge is 2.34. The van der Waals surface area contributed by atoms with Crippen molar-refractivity contribution in [2.75, 3.05) is 0 Å². The van der Waals surface area contributed by atoms with Crippen molar-refractivity contribution in [1.82, 2.24) is 9.88 Å². The largest absolute Gasteiger partial charge is 0.331 e. The first-order valence-corrected chi connectivity index (χ1v) is 10.2. The summed E-state index contributed by atoms with van der Waals surface area (Å²) in [5.41, 5.74) is 1.15. The molecular weight excluding hydrogens is 404 g/mol. The van der Waals surface area contributed by atoms with E-state index in [9.17, 15) is 4.79 Å². The normalized spacial score (nSPS) is 13.9. The van der Waals surface area contributed by atoms with Crippen LogP contribution in [0.1, 0.15) is 28.1 Å². The van der Waals surface area contributed by atoms with Crippen LogP contribution in [0.3, 0.4) is 0 Å². The SMILES string of the molecule is O=C(c1cnc(-c2cccs2)s1)N(Cc1cccc(Br)c1)C1CC1. The number of benzene rings is 1. The number of halogens is 1. The molecule has 0 atom stereocenters. The van der Waals surface area contributed by atoms with Gasteiger partial charge in [-0.25, -0.2) is 4.98 Å². The Morgan fingerprint density at radius 2 is 2.17 bits per heavy atom. The van der Waals surface area contributed by atoms with Gasteiger partial charge in [0.25, 0.3) is 5.91 Å². The number of thiazole rings is 1. The zero-order valence-electron chi connectivity index (χ0n) is 12.8. The van der Waals surface area contributed by atoms with Gasteiger partial charge in [-0.1, -0.05) is 34.1 Å². The predicted octanol–water partition coefficient (Wildman–Crippen LogP) is 5.44. The molecule has 0 radical (unpaired) electrons. The number of nitrogens with zero attached hydrogens (tertiary/aromatic N) is 2. The van der Waals surface area contributed by atoms with Crippen molar-refractivity contribution in [3.05, 3.63) is 62.9 Å². The molecule has 24 heavy (non-hydrogen) atoms. The van der Waals surface area contributed by atoms with Gasteiger partial charge in [0.15, 0.2) is 0 Å². The second-order valence-corrected chi connectivity index (χ2v) is 8.70. The minimum Gasteiger partial charge on any atom is -0.331 e. The molecule has 0 spiro atoms. The summed E-state index contributed by atoms with van der Waals surface area (Å²) in [6, 6.07) is 12.6. The standard InChI is InChI=1S/C18H15BrN2OS2/c19-13-4-1-3-12(9-13)11-21(14-6-7-14)18(22)16-10-20-17(24-16)15-5-2-8-23-15/h1-5,8-10,14H,6-7,11H2. The molecule has 1 saturated carbocycles. The highest BCUT2D eigenvalue weighted by Crippen LogP contribution is 2.33. The zero-order chi connectivity index (χ0) is 16.5. The van der Waals surface area contributed by atoms with Crippen LogP contribution in [0, 0.1) is 0 Å². The maximum absolute atomic E-state index is 13.0. The summed E-state index contributed by atoms with van der Waals surface area (Å²) >= 11 is 6.64. The Hall–Kier alpha value is -1.50. The quantitative estimate of drug-likeness (QED) is 0.552. The van der Waals surface area contributed by atoms with Crippen LogP contribution in [0.4, 0.5) is 0 Å². The summed E-state index contributed by atoms with van der Waals surface area (Å²) in [5.74, 6) is 0.0952. The molecule has 3 nitrogen and oxygen atoms in total. The van der Waals surface area contributed by atoms with E-state index in [4.69, 9.17) is 0 Å². The second-order valence-electron chi connectivity index (χ2n) is 5.80. The van der Waals surface area contributed by atoms with Crippen molar-refractivity contribution >= 4 is 44.5 Å². The Bertz CT molecular complexity index is 856. The molecule has 3 aromatic rings. The third kappa shape index (κ3) is 3.45. The summed E-state index contributed by atoms with van der Waals surface area (Å²) in [4.78, 5) is 21.3. The van der Waals surface area contributed by atoms with Crippen LogP contribution in [0.25, 0.3) is 9.88 Å². The molecule has 0 aliphatic heterocycles. The number of thiophene rings is 1. The third-order valence-electron chi connectivity index (χ3n) is 3.94. The Kier molecular flexibility index (Phi) is 4.52. The van der Waals surface area contributed by atoms with Gasteiger partial charge >= 0.3 is 0 Å². The van der Waals surface area contributed by atoms with E-state index < -0.39 is 0 Å². The lowest BCUT2D eigenvalue weighted by Gasteiger charge is -2.21. The number of aromatic nitrogens is 1. The van der Waals surface area contributed by atoms with Gasteiger partial charge < -0.3 is 4.90 Å². The maximum Gasteiger partial charge on any atom is 0.266 e. The van der Waals surface area contributed by atoms with E-state index in [0.717, 1.165) is 37.6 Å². The van der Waals surface area contributed by atoms with Gasteiger partial charge in [-0.3, -0.25) is 4.79 Å². The minimum absolute atomic E-state index is 0.0952. The van der Waals surface area contributed by atoms with Gasteiger partial charge in [-0.2, -0.15) is 0 Å². The molecule has 2 heterocycles. The topological polar surface area (TPSA) is 33.2 Å². The summed E-state index contributed by atoms with van der Waals surface area (Å²) in [5, 5.41) is 2.95. The highest BCUT2D eigenvalue weighted by molar-refractivity contribution is 9.10. The van der Waals surface area contributed by atoms with Gasteiger partial charge in [0.1, 0.15) is 9.88 Å². The van der Waals surface area contributed by atoms with Crippen molar-refractivity contribution in [2.45, 2.75) is 25.4 Å². The fourth-order valence-electron chi connectivity index (χ4n) is 2.61. The van der Waals surface area contributed by atoms with E-state index in [1.54, 1.807) is 17.5 Å². The molecule has 0 bridgehead atoms. The number of carbonyl (C=O) groups excluding carboxylic acids is 1. The van der Waals surface area contributed by atoms with E-state index in [1.807, 2.05) is 34.5 Å². The fourth-order valence-corrected chi connectivity index (χ4v) is 4.74. The average Bonchev–Trinajstić information content (AvgIpc) is 3.08. The number of rotatable bonds is 5. The van der Waals surface area contributed by atoms with Crippen molar-refractivity contribution in [3.63, 3.8) is 0 Å². The van der Waals surface area contributed by atoms with Crippen LogP contribution in [0.2, 0.25) is 0 Å². The van der Waals surface area contributed by atoms with Gasteiger partial charge in [0.05, 0.1) is 11.1 Å². The van der Waals surface area contributed by atoms with Gasteiger partial charge in [0, 0.05) is 17.1 Å². The lowest BCUT2D eigenvalue weighted by Crippen LogP contribution is -2.32. The van der Waals surface area contributed by atoms with E-state index in [-0.39, 0.29) is 5.91 Å². The van der Waals surface area contributed by atoms with Gasteiger partial charge in [0.2, 0.25) is 0 Å². The van der Waals surface area contributed by atoms with Crippen molar-refractivity contribution < 1.29 is 4.79 Å². The third-order valence-corrected chi connectivity index (χ3v) is 6.46. The van der Waals surface area contributed by atoms with Crippen LogP contribution in [-0.4, -0.2) is 21.8 Å². The van der Waals surface area contributed by atoms with E-state index >= 15 is 0 Å². The fraction of sp³-hybridized carbons (Fsp3) is 0.222. The van der Waals surface area contributed by atoms with Gasteiger partial charge in [-0.05, 0) is 42.0 Å². The van der Waals surface area contributed by atoms with E-state index in [2.05, 4.69) is 33.0 Å². The summed E-state index contributed by atoms with van der Waals surface area (Å²) in [6.45, 7) is 0.648. The van der Waals surface area contributed by atoms with Gasteiger partial charge in [-0.15, -0.1) is 22.7 Å². The molecule has 1 aliphatic rings. The van der Waals surface area contributed by atoms with Crippen LogP contribution >= 0.6 is 38.6 Å². The average molecular weight is 419 g/mol. The Balaban J connectivity index is 1.56. The first-order chi connectivity index (χ1) is 11.7. The predicted molar refractivity (Wildman–Crippen MR) is 102 cm³/mol. The molecular formula is C18H15BrN2OS2. The number of carbonyl (C=O) groups is 1. The molecule has 0 unspecified atom stereocenters. The monoisotopic (exact) mass is 418 g/mol. The molecule has 0 saturated heterocycles. The zero-order valence-corrected chi connectivity index (χ0v) is 16.0. The second kappa shape index (κ2) is 6.78. The van der Waals surface area contributed by atoms with Crippen LogP contribution in [0.5, 0.6) is 0 Å². The van der Waals surface area contributed by atoms with Crippen LogP contribution < -0.4 is 0 Å². The summed E-state index contributed by atoms with van der Waals surface area (Å²) < 4.78 is 1.04. The molecule has 4 rings (SSSR count). The first-order valence-electron chi connectivity index (χ1n) is 7.76. The number of amides is 1. The molecule has 1 aromatic carbocycles. The summed E-state index contributed by atoms with van der Waals surface area (Å²) in [7, 11) is 0. The Morgan fingerprint density at radius 1 is 1.29 bits per heavy atom. The number of hydrogen-bond acceptors (Lipinski definition) is 4. The van der Waals surface area contributed by atoms with Crippen molar-refractivity contribution in [3.8, 4) is 9.88 Å². The smallest absolute Gasteiger partial charge is 0.266 e. The Morgan fingerprint density at radius 3 is 2.88 bits per heavy atom. The van der Waals surface area contributed by atoms with Crippen molar-refractivity contribution in [1.29, 1.82) is 0 Å². The van der Waals surface area contributed by atoms with Crippen LogP contribution in [0.15, 0.2) is 52.4 Å². The van der Waals surface area contributed by atoms with Crippen molar-refractivity contribution in [2.24, 2.45) is 0 Å². The molecule has 1 aliphatic carbocycles. The molecule has 1 amide bonds. The first kappa shape index (κ1) is 16.0. The molecule has 6 heteroatoms. The molecule has 0 N–H and O–H groups in total. The molecule has 1 fully saturated rings. The molecule has 122 valence electrons. The Labute approximate surface area is 157 Å². The van der Waals surface area contributed by atoms with E-state index in [0.29, 0.717) is 12.6 Å². The van der Waals surface area contributed by atoms with Crippen LogP contribution in [-0.2, 0) is 6.54 Å².